The molecule has 2 aliphatic heterocycles. The molecule has 1 saturated heterocycles. The molecule has 132 valence electrons. The highest BCUT2D eigenvalue weighted by Crippen LogP contribution is 2.32. The highest BCUT2D eigenvalue weighted by Gasteiger charge is 2.34. The van der Waals surface area contributed by atoms with Gasteiger partial charge in [-0.2, -0.15) is 4.98 Å². The molecule has 1 aromatic heterocycles. The standard InChI is InChI=1S/C18H21N3O4/c1-2-16-19-17(25-20-16)12-7-9-21(10-8-12)18(22)15-11-23-13-5-3-4-6-14(13)24-15/h3-6,12,15H,2,7-11H2,1H3. The summed E-state index contributed by atoms with van der Waals surface area (Å²) in [7, 11) is 0. The Balaban J connectivity index is 1.35. The molecule has 1 unspecified atom stereocenters. The maximum Gasteiger partial charge on any atom is 0.267 e. The van der Waals surface area contributed by atoms with Crippen LogP contribution in [0.1, 0.15) is 37.4 Å². The number of amides is 1. The number of piperidine rings is 1. The first-order chi connectivity index (χ1) is 12.2. The van der Waals surface area contributed by atoms with Crippen LogP contribution < -0.4 is 9.47 Å². The van der Waals surface area contributed by atoms with Gasteiger partial charge in [0.1, 0.15) is 6.61 Å². The van der Waals surface area contributed by atoms with Crippen LogP contribution >= 0.6 is 0 Å². The van der Waals surface area contributed by atoms with Gasteiger partial charge in [-0.15, -0.1) is 0 Å². The zero-order valence-corrected chi connectivity index (χ0v) is 14.2. The lowest BCUT2D eigenvalue weighted by Crippen LogP contribution is -2.48. The summed E-state index contributed by atoms with van der Waals surface area (Å²) in [6, 6.07) is 7.42. The molecule has 7 heteroatoms. The molecule has 1 amide bonds. The van der Waals surface area contributed by atoms with Crippen molar-refractivity contribution in [3.8, 4) is 11.5 Å². The number of benzene rings is 1. The van der Waals surface area contributed by atoms with Gasteiger partial charge in [-0.1, -0.05) is 24.2 Å². The summed E-state index contributed by atoms with van der Waals surface area (Å²) >= 11 is 0. The van der Waals surface area contributed by atoms with E-state index < -0.39 is 6.10 Å². The molecular formula is C18H21N3O4. The largest absolute Gasteiger partial charge is 0.485 e. The number of aryl methyl sites for hydroxylation is 1. The van der Waals surface area contributed by atoms with E-state index in [-0.39, 0.29) is 18.4 Å². The number of hydrogen-bond donors (Lipinski definition) is 0. The van der Waals surface area contributed by atoms with Crippen molar-refractivity contribution in [3.05, 3.63) is 36.0 Å². The Morgan fingerprint density at radius 2 is 2.00 bits per heavy atom. The summed E-state index contributed by atoms with van der Waals surface area (Å²) in [5, 5.41) is 3.96. The summed E-state index contributed by atoms with van der Waals surface area (Å²) in [6.45, 7) is 3.57. The Bertz CT molecular complexity index is 752. The molecule has 1 atom stereocenters. The highest BCUT2D eigenvalue weighted by molar-refractivity contribution is 5.82. The second kappa shape index (κ2) is 6.74. The van der Waals surface area contributed by atoms with Gasteiger partial charge in [0.25, 0.3) is 5.91 Å². The number of nitrogens with zero attached hydrogens (tertiary/aromatic N) is 3. The molecule has 1 fully saturated rings. The molecule has 0 spiro atoms. The molecule has 3 heterocycles. The van der Waals surface area contributed by atoms with Gasteiger partial charge in [-0.25, -0.2) is 0 Å². The lowest BCUT2D eigenvalue weighted by molar-refractivity contribution is -0.142. The first-order valence-corrected chi connectivity index (χ1v) is 8.74. The quantitative estimate of drug-likeness (QED) is 0.850. The number of fused-ring (bicyclic) bond motifs is 1. The minimum absolute atomic E-state index is 0.0206. The van der Waals surface area contributed by atoms with Gasteiger partial charge in [-0.05, 0) is 25.0 Å². The second-order valence-corrected chi connectivity index (χ2v) is 6.37. The highest BCUT2D eigenvalue weighted by atomic mass is 16.6. The monoisotopic (exact) mass is 343 g/mol. The van der Waals surface area contributed by atoms with Crippen molar-refractivity contribution in [3.63, 3.8) is 0 Å². The van der Waals surface area contributed by atoms with E-state index in [2.05, 4.69) is 10.1 Å². The fourth-order valence-corrected chi connectivity index (χ4v) is 3.27. The molecule has 4 rings (SSSR count). The van der Waals surface area contributed by atoms with Crippen LogP contribution in [0.15, 0.2) is 28.8 Å². The third-order valence-electron chi connectivity index (χ3n) is 4.74. The van der Waals surface area contributed by atoms with E-state index in [0.717, 1.165) is 25.1 Å². The maximum atomic E-state index is 12.7. The number of likely N-dealkylation sites (tertiary alicyclic amines) is 1. The summed E-state index contributed by atoms with van der Waals surface area (Å²) in [6.07, 6.45) is 1.82. The van der Waals surface area contributed by atoms with Crippen LogP contribution in [0.5, 0.6) is 11.5 Å². The van der Waals surface area contributed by atoms with E-state index in [9.17, 15) is 4.79 Å². The first kappa shape index (κ1) is 15.9. The van der Waals surface area contributed by atoms with Gasteiger partial charge < -0.3 is 18.9 Å². The SMILES string of the molecule is CCc1noc(C2CCN(C(=O)C3COc4ccccc4O3)CC2)n1. The maximum absolute atomic E-state index is 12.7. The average Bonchev–Trinajstić information content (AvgIpc) is 3.16. The molecule has 7 nitrogen and oxygen atoms in total. The van der Waals surface area contributed by atoms with Crippen molar-refractivity contribution in [1.29, 1.82) is 0 Å². The van der Waals surface area contributed by atoms with E-state index in [1.165, 1.54) is 0 Å². The Kier molecular flexibility index (Phi) is 4.29. The van der Waals surface area contributed by atoms with Gasteiger partial charge in [0, 0.05) is 25.4 Å². The van der Waals surface area contributed by atoms with Crippen LogP contribution in [0, 0.1) is 0 Å². The fourth-order valence-electron chi connectivity index (χ4n) is 3.27. The zero-order chi connectivity index (χ0) is 17.2. The summed E-state index contributed by atoms with van der Waals surface area (Å²) in [4.78, 5) is 19.0. The Morgan fingerprint density at radius 3 is 2.72 bits per heavy atom. The van der Waals surface area contributed by atoms with Crippen molar-refractivity contribution in [2.24, 2.45) is 0 Å². The van der Waals surface area contributed by atoms with Crippen LogP contribution in [0.3, 0.4) is 0 Å². The van der Waals surface area contributed by atoms with Crippen LogP contribution in [-0.2, 0) is 11.2 Å². The molecule has 0 bridgehead atoms. The molecule has 2 aliphatic rings. The van der Waals surface area contributed by atoms with Crippen molar-refractivity contribution in [2.75, 3.05) is 19.7 Å². The van der Waals surface area contributed by atoms with Crippen LogP contribution in [0.25, 0.3) is 0 Å². The van der Waals surface area contributed by atoms with E-state index in [0.29, 0.717) is 30.5 Å². The molecule has 2 aromatic rings. The number of ether oxygens (including phenoxy) is 2. The van der Waals surface area contributed by atoms with E-state index in [1.54, 1.807) is 0 Å². The van der Waals surface area contributed by atoms with Crippen LogP contribution in [0.4, 0.5) is 0 Å². The lowest BCUT2D eigenvalue weighted by Gasteiger charge is -2.34. The molecule has 25 heavy (non-hydrogen) atoms. The topological polar surface area (TPSA) is 77.7 Å². The molecule has 1 aromatic carbocycles. The predicted octanol–water partition coefficient (Wildman–Crippen LogP) is 2.18. The molecule has 0 N–H and O–H groups in total. The third kappa shape index (κ3) is 3.18. The zero-order valence-electron chi connectivity index (χ0n) is 14.2. The van der Waals surface area contributed by atoms with Gasteiger partial charge in [-0.3, -0.25) is 4.79 Å². The number of aromatic nitrogens is 2. The van der Waals surface area contributed by atoms with Gasteiger partial charge >= 0.3 is 0 Å². The van der Waals surface area contributed by atoms with Crippen molar-refractivity contribution in [2.45, 2.75) is 38.2 Å². The smallest absolute Gasteiger partial charge is 0.267 e. The van der Waals surface area contributed by atoms with Gasteiger partial charge in [0.15, 0.2) is 17.3 Å². The summed E-state index contributed by atoms with van der Waals surface area (Å²) in [5.41, 5.74) is 0. The summed E-state index contributed by atoms with van der Waals surface area (Å²) in [5.74, 6) is 2.94. The van der Waals surface area contributed by atoms with Gasteiger partial charge in [0.2, 0.25) is 12.0 Å². The van der Waals surface area contributed by atoms with E-state index in [4.69, 9.17) is 14.0 Å². The van der Waals surface area contributed by atoms with Crippen molar-refractivity contribution < 1.29 is 18.8 Å². The summed E-state index contributed by atoms with van der Waals surface area (Å²) < 4.78 is 16.8. The minimum atomic E-state index is -0.582. The van der Waals surface area contributed by atoms with Gasteiger partial charge in [0.05, 0.1) is 0 Å². The number of para-hydroxylation sites is 2. The Hall–Kier alpha value is -2.57. The number of carbonyl (C=O) groups is 1. The van der Waals surface area contributed by atoms with Crippen molar-refractivity contribution in [1.82, 2.24) is 15.0 Å². The normalized spacial score (nSPS) is 20.5. The number of carbonyl (C=O) groups excluding carboxylic acids is 1. The lowest BCUT2D eigenvalue weighted by atomic mass is 9.96. The molecule has 0 radical (unpaired) electrons. The Labute approximate surface area is 145 Å². The van der Waals surface area contributed by atoms with Crippen molar-refractivity contribution >= 4 is 5.91 Å². The van der Waals surface area contributed by atoms with Crippen LogP contribution in [0.2, 0.25) is 0 Å². The Morgan fingerprint density at radius 1 is 1.24 bits per heavy atom. The second-order valence-electron chi connectivity index (χ2n) is 6.37. The fraction of sp³-hybridized carbons (Fsp3) is 0.500. The minimum Gasteiger partial charge on any atom is -0.485 e. The first-order valence-electron chi connectivity index (χ1n) is 8.74. The number of rotatable bonds is 3. The molecule has 0 saturated carbocycles. The third-order valence-corrected chi connectivity index (χ3v) is 4.74. The predicted molar refractivity (Wildman–Crippen MR) is 88.6 cm³/mol. The molecule has 0 aliphatic carbocycles. The van der Waals surface area contributed by atoms with Crippen LogP contribution in [-0.4, -0.2) is 46.7 Å². The van der Waals surface area contributed by atoms with E-state index >= 15 is 0 Å². The average molecular weight is 343 g/mol. The van der Waals surface area contributed by atoms with E-state index in [1.807, 2.05) is 36.1 Å². The molecular weight excluding hydrogens is 322 g/mol. The number of hydrogen-bond acceptors (Lipinski definition) is 6.